The average Bonchev–Trinajstić information content (AvgIpc) is 3.40. The van der Waals surface area contributed by atoms with Gasteiger partial charge in [0.25, 0.3) is 0 Å². The molecule has 1 N–H and O–H groups in total. The summed E-state index contributed by atoms with van der Waals surface area (Å²) >= 11 is 7.20. The Morgan fingerprint density at radius 1 is 1.30 bits per heavy atom. The van der Waals surface area contributed by atoms with Crippen LogP contribution in [0.5, 0.6) is 0 Å². The van der Waals surface area contributed by atoms with Gasteiger partial charge in [0.2, 0.25) is 5.91 Å². The molecule has 4 rings (SSSR count). The Kier molecular flexibility index (Phi) is 6.72. The van der Waals surface area contributed by atoms with Crippen molar-refractivity contribution in [3.05, 3.63) is 65.6 Å². The Bertz CT molecular complexity index is 1020. The van der Waals surface area contributed by atoms with Crippen LogP contribution in [0.25, 0.3) is 11.3 Å². The summed E-state index contributed by atoms with van der Waals surface area (Å²) in [6, 6.07) is 14.1. The second-order valence-corrected chi connectivity index (χ2v) is 8.38. The molecule has 3 aromatic rings. The van der Waals surface area contributed by atoms with Crippen molar-refractivity contribution in [3.63, 3.8) is 0 Å². The van der Waals surface area contributed by atoms with E-state index >= 15 is 0 Å². The molecular weight excluding hydrogens is 425 g/mol. The summed E-state index contributed by atoms with van der Waals surface area (Å²) in [6.07, 6.45) is 4.01. The molecule has 0 aliphatic carbocycles. The largest absolute Gasteiger partial charge is 0.376 e. The number of hydrogen-bond acceptors (Lipinski definition) is 4. The molecule has 1 unspecified atom stereocenters. The number of carbonyl (C=O) groups excluding carboxylic acids is 1. The van der Waals surface area contributed by atoms with Gasteiger partial charge in [0, 0.05) is 11.6 Å². The maximum atomic E-state index is 13.9. The first kappa shape index (κ1) is 20.9. The zero-order chi connectivity index (χ0) is 20.9. The van der Waals surface area contributed by atoms with Gasteiger partial charge in [-0.25, -0.2) is 9.37 Å². The molecule has 5 nitrogen and oxygen atoms in total. The molecule has 1 amide bonds. The Balaban J connectivity index is 1.49. The molecule has 0 spiro atoms. The van der Waals surface area contributed by atoms with E-state index in [1.165, 1.54) is 30.0 Å². The molecule has 8 heteroatoms. The molecule has 1 aliphatic heterocycles. The van der Waals surface area contributed by atoms with Gasteiger partial charge < -0.3 is 14.6 Å². The SMILES string of the molecule is O=C(CSc1ncc(-c2ccccc2)n1CC1CCCO1)Nc1cc(Cl)ccc1F. The third-order valence-corrected chi connectivity index (χ3v) is 6.06. The quantitative estimate of drug-likeness (QED) is 0.504. The number of imidazole rings is 1. The Hall–Kier alpha value is -2.35. The van der Waals surface area contributed by atoms with Crippen LogP contribution in [0.15, 0.2) is 59.9 Å². The maximum Gasteiger partial charge on any atom is 0.234 e. The second-order valence-electron chi connectivity index (χ2n) is 7.00. The standard InChI is InChI=1S/C22H21ClFN3O2S/c23-16-8-9-18(24)19(11-16)26-21(28)14-30-22-25-12-20(15-5-2-1-3-6-15)27(22)13-17-7-4-10-29-17/h1-3,5-6,8-9,11-12,17H,4,7,10,13-14H2,(H,26,28). The van der Waals surface area contributed by atoms with Gasteiger partial charge in [-0.1, -0.05) is 53.7 Å². The highest BCUT2D eigenvalue weighted by Gasteiger charge is 2.21. The lowest BCUT2D eigenvalue weighted by atomic mass is 10.1. The zero-order valence-corrected chi connectivity index (χ0v) is 17.8. The number of thioether (sulfide) groups is 1. The number of amides is 1. The van der Waals surface area contributed by atoms with Crippen LogP contribution in [0.2, 0.25) is 5.02 Å². The Morgan fingerprint density at radius 3 is 2.90 bits per heavy atom. The number of rotatable bonds is 7. The highest BCUT2D eigenvalue weighted by molar-refractivity contribution is 7.99. The first-order valence-electron chi connectivity index (χ1n) is 9.70. The van der Waals surface area contributed by atoms with Crippen LogP contribution in [-0.4, -0.2) is 33.9 Å². The molecule has 2 heterocycles. The first-order valence-corrected chi connectivity index (χ1v) is 11.1. The van der Waals surface area contributed by atoms with Crippen molar-refractivity contribution < 1.29 is 13.9 Å². The minimum absolute atomic E-state index is 0.0702. The molecule has 1 fully saturated rings. The molecule has 0 saturated carbocycles. The van der Waals surface area contributed by atoms with Gasteiger partial charge in [0.15, 0.2) is 5.16 Å². The third kappa shape index (κ3) is 5.03. The van der Waals surface area contributed by atoms with Gasteiger partial charge >= 0.3 is 0 Å². The lowest BCUT2D eigenvalue weighted by Gasteiger charge is -2.16. The third-order valence-electron chi connectivity index (χ3n) is 4.83. The van der Waals surface area contributed by atoms with Crippen molar-refractivity contribution in [1.82, 2.24) is 9.55 Å². The van der Waals surface area contributed by atoms with E-state index in [2.05, 4.69) is 14.9 Å². The molecular formula is C22H21ClFN3O2S. The number of ether oxygens (including phenoxy) is 1. The number of nitrogens with one attached hydrogen (secondary N) is 1. The van der Waals surface area contributed by atoms with E-state index < -0.39 is 5.82 Å². The van der Waals surface area contributed by atoms with Gasteiger partial charge in [-0.2, -0.15) is 0 Å². The molecule has 0 radical (unpaired) electrons. The fraction of sp³-hybridized carbons (Fsp3) is 0.273. The number of nitrogens with zero attached hydrogens (tertiary/aromatic N) is 2. The number of halogens is 2. The number of carbonyl (C=O) groups is 1. The topological polar surface area (TPSA) is 56.2 Å². The molecule has 1 saturated heterocycles. The predicted octanol–water partition coefficient (Wildman–Crippen LogP) is 5.25. The summed E-state index contributed by atoms with van der Waals surface area (Å²) in [5, 5.41) is 3.66. The second kappa shape index (κ2) is 9.64. The van der Waals surface area contributed by atoms with Crippen LogP contribution in [0.3, 0.4) is 0 Å². The minimum Gasteiger partial charge on any atom is -0.376 e. The van der Waals surface area contributed by atoms with Crippen molar-refractivity contribution in [2.45, 2.75) is 30.6 Å². The molecule has 30 heavy (non-hydrogen) atoms. The van der Waals surface area contributed by atoms with E-state index in [0.717, 1.165) is 35.9 Å². The van der Waals surface area contributed by atoms with E-state index in [1.54, 1.807) is 0 Å². The van der Waals surface area contributed by atoms with Crippen LogP contribution in [0.1, 0.15) is 12.8 Å². The van der Waals surface area contributed by atoms with Crippen LogP contribution < -0.4 is 5.32 Å². The van der Waals surface area contributed by atoms with Crippen molar-refractivity contribution in [2.24, 2.45) is 0 Å². The molecule has 156 valence electrons. The number of hydrogen-bond donors (Lipinski definition) is 1. The summed E-state index contributed by atoms with van der Waals surface area (Å²) in [7, 11) is 0. The minimum atomic E-state index is -0.524. The van der Waals surface area contributed by atoms with E-state index in [0.29, 0.717) is 11.6 Å². The van der Waals surface area contributed by atoms with E-state index in [-0.39, 0.29) is 23.5 Å². The number of aromatic nitrogens is 2. The summed E-state index contributed by atoms with van der Waals surface area (Å²) in [5.41, 5.74) is 2.11. The van der Waals surface area contributed by atoms with Crippen molar-refractivity contribution in [2.75, 3.05) is 17.7 Å². The van der Waals surface area contributed by atoms with Crippen LogP contribution in [-0.2, 0) is 16.1 Å². The molecule has 0 bridgehead atoms. The van der Waals surface area contributed by atoms with Gasteiger partial charge in [-0.15, -0.1) is 0 Å². The Morgan fingerprint density at radius 2 is 2.13 bits per heavy atom. The van der Waals surface area contributed by atoms with Crippen LogP contribution >= 0.6 is 23.4 Å². The van der Waals surface area contributed by atoms with Crippen molar-refractivity contribution in [1.29, 1.82) is 0 Å². The van der Waals surface area contributed by atoms with Crippen LogP contribution in [0, 0.1) is 5.82 Å². The normalized spacial score (nSPS) is 16.0. The zero-order valence-electron chi connectivity index (χ0n) is 16.2. The van der Waals surface area contributed by atoms with Crippen molar-refractivity contribution >= 4 is 35.0 Å². The summed E-state index contributed by atoms with van der Waals surface area (Å²) < 4.78 is 21.8. The van der Waals surface area contributed by atoms with E-state index in [4.69, 9.17) is 16.3 Å². The highest BCUT2D eigenvalue weighted by atomic mass is 35.5. The summed E-state index contributed by atoms with van der Waals surface area (Å²) in [5.74, 6) is -0.749. The Labute approximate surface area is 183 Å². The smallest absolute Gasteiger partial charge is 0.234 e. The molecule has 1 atom stereocenters. The van der Waals surface area contributed by atoms with Gasteiger partial charge in [-0.05, 0) is 36.6 Å². The van der Waals surface area contributed by atoms with Gasteiger partial charge in [0.05, 0.1) is 36.0 Å². The summed E-state index contributed by atoms with van der Waals surface area (Å²) in [6.45, 7) is 1.45. The lowest BCUT2D eigenvalue weighted by Crippen LogP contribution is -2.18. The van der Waals surface area contributed by atoms with E-state index in [9.17, 15) is 9.18 Å². The highest BCUT2D eigenvalue weighted by Crippen LogP contribution is 2.28. The number of anilines is 1. The molecule has 1 aromatic heterocycles. The predicted molar refractivity (Wildman–Crippen MR) is 117 cm³/mol. The average molecular weight is 446 g/mol. The fourth-order valence-corrected chi connectivity index (χ4v) is 4.35. The molecule has 2 aromatic carbocycles. The van der Waals surface area contributed by atoms with Crippen molar-refractivity contribution in [3.8, 4) is 11.3 Å². The maximum absolute atomic E-state index is 13.9. The summed E-state index contributed by atoms with van der Waals surface area (Å²) in [4.78, 5) is 16.9. The van der Waals surface area contributed by atoms with Gasteiger partial charge in [0.1, 0.15) is 5.82 Å². The fourth-order valence-electron chi connectivity index (χ4n) is 3.39. The first-order chi connectivity index (χ1) is 14.6. The monoisotopic (exact) mass is 445 g/mol. The van der Waals surface area contributed by atoms with Crippen LogP contribution in [0.4, 0.5) is 10.1 Å². The lowest BCUT2D eigenvalue weighted by molar-refractivity contribution is -0.113. The molecule has 1 aliphatic rings. The van der Waals surface area contributed by atoms with Gasteiger partial charge in [-0.3, -0.25) is 4.79 Å². The number of benzene rings is 2. The van der Waals surface area contributed by atoms with E-state index in [1.807, 2.05) is 36.5 Å².